The summed E-state index contributed by atoms with van der Waals surface area (Å²) in [5, 5.41) is 9.28. The van der Waals surface area contributed by atoms with E-state index in [2.05, 4.69) is 42.3 Å². The van der Waals surface area contributed by atoms with Crippen molar-refractivity contribution in [2.45, 2.75) is 37.6 Å². The van der Waals surface area contributed by atoms with Gasteiger partial charge in [0.25, 0.3) is 0 Å². The summed E-state index contributed by atoms with van der Waals surface area (Å²) in [7, 11) is 0. The molecule has 0 aromatic heterocycles. The summed E-state index contributed by atoms with van der Waals surface area (Å²) < 4.78 is 0. The zero-order valence-electron chi connectivity index (χ0n) is 12.4. The SMILES string of the molecule is CSc1ccc(C(C)N2CCC(C)(C(=O)O)CC2)cc1. The fraction of sp³-hybridized carbons (Fsp3) is 0.562. The molecule has 1 saturated heterocycles. The molecule has 1 aliphatic rings. The number of rotatable bonds is 4. The number of likely N-dealkylation sites (tertiary alicyclic amines) is 1. The van der Waals surface area contributed by atoms with E-state index in [0.29, 0.717) is 6.04 Å². The molecule has 0 amide bonds. The van der Waals surface area contributed by atoms with Gasteiger partial charge in [0.1, 0.15) is 0 Å². The average molecular weight is 293 g/mol. The summed E-state index contributed by atoms with van der Waals surface area (Å²) in [5.41, 5.74) is 0.764. The lowest BCUT2D eigenvalue weighted by atomic mass is 9.80. The summed E-state index contributed by atoms with van der Waals surface area (Å²) in [6.07, 6.45) is 3.54. The van der Waals surface area contributed by atoms with E-state index >= 15 is 0 Å². The molecule has 4 heteroatoms. The molecule has 1 fully saturated rings. The molecule has 1 N–H and O–H groups in total. The van der Waals surface area contributed by atoms with Gasteiger partial charge in [0.05, 0.1) is 5.41 Å². The van der Waals surface area contributed by atoms with Crippen LogP contribution in [0.4, 0.5) is 0 Å². The molecule has 3 nitrogen and oxygen atoms in total. The Labute approximate surface area is 125 Å². The molecule has 1 heterocycles. The lowest BCUT2D eigenvalue weighted by Gasteiger charge is -2.39. The maximum atomic E-state index is 11.3. The van der Waals surface area contributed by atoms with Crippen LogP contribution < -0.4 is 0 Å². The first-order chi connectivity index (χ1) is 9.46. The van der Waals surface area contributed by atoms with Crippen LogP contribution in [0, 0.1) is 5.41 Å². The number of nitrogens with zero attached hydrogens (tertiary/aromatic N) is 1. The maximum absolute atomic E-state index is 11.3. The molecule has 0 bridgehead atoms. The van der Waals surface area contributed by atoms with Crippen LogP contribution in [0.2, 0.25) is 0 Å². The zero-order valence-corrected chi connectivity index (χ0v) is 13.2. The molecule has 0 aliphatic carbocycles. The van der Waals surface area contributed by atoms with Crippen molar-refractivity contribution < 1.29 is 9.90 Å². The Morgan fingerprint density at radius 1 is 1.30 bits per heavy atom. The summed E-state index contributed by atoms with van der Waals surface area (Å²) >= 11 is 1.75. The molecule has 2 rings (SSSR count). The van der Waals surface area contributed by atoms with Gasteiger partial charge in [0.15, 0.2) is 0 Å². The Hall–Kier alpha value is -1.00. The minimum atomic E-state index is -0.658. The molecule has 1 aromatic carbocycles. The lowest BCUT2D eigenvalue weighted by Crippen LogP contribution is -2.43. The fourth-order valence-electron chi connectivity index (χ4n) is 2.71. The van der Waals surface area contributed by atoms with Crippen LogP contribution in [0.3, 0.4) is 0 Å². The van der Waals surface area contributed by atoms with E-state index in [1.165, 1.54) is 10.5 Å². The van der Waals surface area contributed by atoms with Crippen molar-refractivity contribution in [3.8, 4) is 0 Å². The van der Waals surface area contributed by atoms with Crippen LogP contribution in [0.5, 0.6) is 0 Å². The number of carbonyl (C=O) groups is 1. The van der Waals surface area contributed by atoms with E-state index in [0.717, 1.165) is 25.9 Å². The summed E-state index contributed by atoms with van der Waals surface area (Å²) in [6.45, 7) is 5.78. The first kappa shape index (κ1) is 15.4. The highest BCUT2D eigenvalue weighted by Crippen LogP contribution is 2.34. The second-order valence-electron chi connectivity index (χ2n) is 5.85. The van der Waals surface area contributed by atoms with E-state index in [1.54, 1.807) is 11.8 Å². The highest BCUT2D eigenvalue weighted by Gasteiger charge is 2.37. The first-order valence-corrected chi connectivity index (χ1v) is 8.30. The molecule has 110 valence electrons. The quantitative estimate of drug-likeness (QED) is 0.860. The van der Waals surface area contributed by atoms with E-state index in [9.17, 15) is 9.90 Å². The fourth-order valence-corrected chi connectivity index (χ4v) is 3.12. The first-order valence-electron chi connectivity index (χ1n) is 7.08. The molecule has 1 atom stereocenters. The highest BCUT2D eigenvalue weighted by atomic mass is 32.2. The second-order valence-corrected chi connectivity index (χ2v) is 6.73. The summed E-state index contributed by atoms with van der Waals surface area (Å²) in [6, 6.07) is 9.02. The van der Waals surface area contributed by atoms with Gasteiger partial charge in [-0.15, -0.1) is 11.8 Å². The summed E-state index contributed by atoms with van der Waals surface area (Å²) in [5.74, 6) is -0.658. The van der Waals surface area contributed by atoms with Crippen molar-refractivity contribution in [3.63, 3.8) is 0 Å². The van der Waals surface area contributed by atoms with Crippen molar-refractivity contribution >= 4 is 17.7 Å². The third kappa shape index (κ3) is 3.18. The van der Waals surface area contributed by atoms with Crippen LogP contribution in [0.15, 0.2) is 29.2 Å². The second kappa shape index (κ2) is 6.19. The average Bonchev–Trinajstić information content (AvgIpc) is 2.47. The van der Waals surface area contributed by atoms with Gasteiger partial charge in [-0.2, -0.15) is 0 Å². The van der Waals surface area contributed by atoms with Crippen LogP contribution in [-0.2, 0) is 4.79 Å². The van der Waals surface area contributed by atoms with Gasteiger partial charge in [0.2, 0.25) is 0 Å². The molecule has 20 heavy (non-hydrogen) atoms. The van der Waals surface area contributed by atoms with E-state index < -0.39 is 11.4 Å². The van der Waals surface area contributed by atoms with Crippen LogP contribution in [0.1, 0.15) is 38.3 Å². The number of piperidine rings is 1. The number of carboxylic acids is 1. The zero-order chi connectivity index (χ0) is 14.8. The number of hydrogen-bond donors (Lipinski definition) is 1. The molecular formula is C16H23NO2S. The topological polar surface area (TPSA) is 40.5 Å². The molecule has 1 unspecified atom stereocenters. The van der Waals surface area contributed by atoms with Crippen LogP contribution >= 0.6 is 11.8 Å². The smallest absolute Gasteiger partial charge is 0.309 e. The summed E-state index contributed by atoms with van der Waals surface area (Å²) in [4.78, 5) is 14.9. The van der Waals surface area contributed by atoms with Crippen LogP contribution in [-0.4, -0.2) is 35.3 Å². The largest absolute Gasteiger partial charge is 0.481 e. The van der Waals surface area contributed by atoms with E-state index in [-0.39, 0.29) is 0 Å². The van der Waals surface area contributed by atoms with Gasteiger partial charge >= 0.3 is 5.97 Å². The molecule has 0 radical (unpaired) electrons. The van der Waals surface area contributed by atoms with Crippen molar-refractivity contribution in [1.82, 2.24) is 4.90 Å². The lowest BCUT2D eigenvalue weighted by molar-refractivity contribution is -0.151. The van der Waals surface area contributed by atoms with Gasteiger partial charge in [0, 0.05) is 10.9 Å². The predicted molar refractivity (Wildman–Crippen MR) is 83.2 cm³/mol. The third-order valence-electron chi connectivity index (χ3n) is 4.56. The van der Waals surface area contributed by atoms with E-state index in [1.807, 2.05) is 6.92 Å². The Morgan fingerprint density at radius 2 is 1.85 bits per heavy atom. The van der Waals surface area contributed by atoms with Gasteiger partial charge in [-0.25, -0.2) is 0 Å². The number of benzene rings is 1. The normalized spacial score (nSPS) is 20.6. The van der Waals surface area contributed by atoms with Gasteiger partial charge in [-0.1, -0.05) is 12.1 Å². The van der Waals surface area contributed by atoms with Gasteiger partial charge < -0.3 is 5.11 Å². The Balaban J connectivity index is 2.00. The standard InChI is InChI=1S/C16H23NO2S/c1-12(13-4-6-14(20-3)7-5-13)17-10-8-16(2,9-11-17)15(18)19/h4-7,12H,8-11H2,1-3H3,(H,18,19). The maximum Gasteiger partial charge on any atom is 0.309 e. The number of carboxylic acid groups (broad SMARTS) is 1. The van der Waals surface area contributed by atoms with Gasteiger partial charge in [-0.3, -0.25) is 9.69 Å². The monoisotopic (exact) mass is 293 g/mol. The third-order valence-corrected chi connectivity index (χ3v) is 5.31. The van der Waals surface area contributed by atoms with Gasteiger partial charge in [-0.05, 0) is 63.7 Å². The molecule has 0 saturated carbocycles. The van der Waals surface area contributed by atoms with Crippen LogP contribution in [0.25, 0.3) is 0 Å². The van der Waals surface area contributed by atoms with E-state index in [4.69, 9.17) is 0 Å². The number of hydrogen-bond acceptors (Lipinski definition) is 3. The molecule has 1 aliphatic heterocycles. The van der Waals surface area contributed by atoms with Crippen molar-refractivity contribution in [1.29, 1.82) is 0 Å². The minimum absolute atomic E-state index is 0.351. The predicted octanol–water partition coefficient (Wildman–Crippen LogP) is 3.66. The van der Waals surface area contributed by atoms with Crippen molar-refractivity contribution in [3.05, 3.63) is 29.8 Å². The Bertz CT molecular complexity index is 464. The molecule has 1 aromatic rings. The van der Waals surface area contributed by atoms with Crippen molar-refractivity contribution in [2.75, 3.05) is 19.3 Å². The Morgan fingerprint density at radius 3 is 2.30 bits per heavy atom. The van der Waals surface area contributed by atoms with Crippen molar-refractivity contribution in [2.24, 2.45) is 5.41 Å². The number of aliphatic carboxylic acids is 1. The molecular weight excluding hydrogens is 270 g/mol. The Kier molecular flexibility index (Phi) is 4.76. The number of thioether (sulfide) groups is 1. The minimum Gasteiger partial charge on any atom is -0.481 e. The highest BCUT2D eigenvalue weighted by molar-refractivity contribution is 7.98. The molecule has 0 spiro atoms.